The van der Waals surface area contributed by atoms with Gasteiger partial charge in [-0.3, -0.25) is 0 Å². The van der Waals surface area contributed by atoms with E-state index in [4.69, 9.17) is 23.2 Å². The number of hydrogen-bond acceptors (Lipinski definition) is 2. The third-order valence-corrected chi connectivity index (χ3v) is 3.96. The van der Waals surface area contributed by atoms with E-state index in [0.717, 1.165) is 16.6 Å². The highest BCUT2D eigenvalue weighted by Gasteiger charge is 2.12. The number of para-hydroxylation sites is 2. The summed E-state index contributed by atoms with van der Waals surface area (Å²) in [5, 5.41) is 11.2. The summed E-state index contributed by atoms with van der Waals surface area (Å²) >= 11 is 11.9. The van der Waals surface area contributed by atoms with Crippen molar-refractivity contribution in [3.8, 4) is 0 Å². The predicted molar refractivity (Wildman–Crippen MR) is 81.2 cm³/mol. The van der Waals surface area contributed by atoms with Crippen molar-refractivity contribution in [1.82, 2.24) is 9.55 Å². The number of aliphatic hydroxyl groups is 1. The zero-order valence-corrected chi connectivity index (χ0v) is 12.0. The second-order valence-electron chi connectivity index (χ2n) is 4.57. The molecular weight excluding hydrogens is 295 g/mol. The Hall–Kier alpha value is -1.55. The molecule has 5 heteroatoms. The van der Waals surface area contributed by atoms with Crippen LogP contribution in [0.3, 0.4) is 0 Å². The van der Waals surface area contributed by atoms with Crippen LogP contribution in [-0.4, -0.2) is 14.7 Å². The van der Waals surface area contributed by atoms with E-state index in [-0.39, 0.29) is 0 Å². The summed E-state index contributed by atoms with van der Waals surface area (Å²) < 4.78 is 1.92. The first-order valence-corrected chi connectivity index (χ1v) is 6.93. The quantitative estimate of drug-likeness (QED) is 0.792. The van der Waals surface area contributed by atoms with Crippen molar-refractivity contribution in [3.05, 3.63) is 64.4 Å². The Morgan fingerprint density at radius 2 is 1.90 bits per heavy atom. The average Bonchev–Trinajstić information content (AvgIpc) is 2.85. The van der Waals surface area contributed by atoms with Crippen LogP contribution >= 0.6 is 23.2 Å². The lowest BCUT2D eigenvalue weighted by atomic mass is 10.1. The summed E-state index contributed by atoms with van der Waals surface area (Å²) in [6.07, 6.45) is 1.06. The molecule has 1 unspecified atom stereocenters. The number of aromatic nitrogens is 2. The average molecular weight is 307 g/mol. The Labute approximate surface area is 126 Å². The summed E-state index contributed by atoms with van der Waals surface area (Å²) in [5.41, 5.74) is 2.64. The Morgan fingerprint density at radius 1 is 1.10 bits per heavy atom. The van der Waals surface area contributed by atoms with Gasteiger partial charge in [0.2, 0.25) is 0 Å². The standard InChI is InChI=1S/C15H12Cl2N2O/c16-11-6-5-10(7-12(11)17)15(20)8-19-9-18-13-3-1-2-4-14(13)19/h1-7,9,15,20H,8H2. The van der Waals surface area contributed by atoms with Crippen molar-refractivity contribution in [2.45, 2.75) is 12.6 Å². The lowest BCUT2D eigenvalue weighted by molar-refractivity contribution is 0.158. The zero-order chi connectivity index (χ0) is 14.1. The maximum atomic E-state index is 10.3. The lowest BCUT2D eigenvalue weighted by Crippen LogP contribution is -2.07. The molecule has 20 heavy (non-hydrogen) atoms. The van der Waals surface area contributed by atoms with Gasteiger partial charge >= 0.3 is 0 Å². The number of imidazole rings is 1. The van der Waals surface area contributed by atoms with Crippen molar-refractivity contribution in [3.63, 3.8) is 0 Å². The van der Waals surface area contributed by atoms with E-state index in [2.05, 4.69) is 4.98 Å². The van der Waals surface area contributed by atoms with Gasteiger partial charge in [0.15, 0.2) is 0 Å². The second kappa shape index (κ2) is 5.44. The van der Waals surface area contributed by atoms with Crippen LogP contribution in [0.2, 0.25) is 10.0 Å². The molecule has 1 heterocycles. The smallest absolute Gasteiger partial charge is 0.0970 e. The van der Waals surface area contributed by atoms with E-state index in [9.17, 15) is 5.11 Å². The molecule has 0 radical (unpaired) electrons. The van der Waals surface area contributed by atoms with Crippen molar-refractivity contribution in [1.29, 1.82) is 0 Å². The number of rotatable bonds is 3. The lowest BCUT2D eigenvalue weighted by Gasteiger charge is -2.13. The van der Waals surface area contributed by atoms with E-state index in [1.165, 1.54) is 0 Å². The van der Waals surface area contributed by atoms with Gasteiger partial charge in [-0.2, -0.15) is 0 Å². The molecule has 102 valence electrons. The predicted octanol–water partition coefficient (Wildman–Crippen LogP) is 4.08. The molecule has 0 bridgehead atoms. The van der Waals surface area contributed by atoms with Gasteiger partial charge in [-0.15, -0.1) is 0 Å². The van der Waals surface area contributed by atoms with Crippen molar-refractivity contribution in [2.24, 2.45) is 0 Å². The Bertz CT molecular complexity index is 754. The molecule has 0 aliphatic heterocycles. The number of halogens is 2. The molecule has 3 rings (SSSR count). The van der Waals surface area contributed by atoms with Gasteiger partial charge in [0.05, 0.1) is 40.1 Å². The highest BCUT2D eigenvalue weighted by atomic mass is 35.5. The summed E-state index contributed by atoms with van der Waals surface area (Å²) in [6, 6.07) is 13.0. The molecule has 1 aromatic heterocycles. The molecule has 3 aromatic rings. The van der Waals surface area contributed by atoms with E-state index < -0.39 is 6.10 Å². The third kappa shape index (κ3) is 2.52. The molecule has 0 saturated carbocycles. The normalized spacial score (nSPS) is 12.8. The Kier molecular flexibility index (Phi) is 3.66. The van der Waals surface area contributed by atoms with E-state index in [0.29, 0.717) is 16.6 Å². The minimum absolute atomic E-state index is 0.415. The second-order valence-corrected chi connectivity index (χ2v) is 5.39. The first-order chi connectivity index (χ1) is 9.65. The maximum Gasteiger partial charge on any atom is 0.0970 e. The molecule has 1 N–H and O–H groups in total. The van der Waals surface area contributed by atoms with Gasteiger partial charge < -0.3 is 9.67 Å². The molecule has 0 fully saturated rings. The molecule has 3 nitrogen and oxygen atoms in total. The first kappa shape index (κ1) is 13.4. The molecule has 0 aliphatic rings. The SMILES string of the molecule is OC(Cn1cnc2ccccc21)c1ccc(Cl)c(Cl)c1. The van der Waals surface area contributed by atoms with Crippen LogP contribution in [0.5, 0.6) is 0 Å². The van der Waals surface area contributed by atoms with Crippen LogP contribution in [-0.2, 0) is 6.54 Å². The number of fused-ring (bicyclic) bond motifs is 1. The monoisotopic (exact) mass is 306 g/mol. The maximum absolute atomic E-state index is 10.3. The number of benzene rings is 2. The molecular formula is C15H12Cl2N2O. The van der Waals surface area contributed by atoms with Gasteiger partial charge in [0, 0.05) is 0 Å². The largest absolute Gasteiger partial charge is 0.387 e. The summed E-state index contributed by atoms with van der Waals surface area (Å²) in [4.78, 5) is 4.30. The van der Waals surface area contributed by atoms with Crippen LogP contribution in [0, 0.1) is 0 Å². The fourth-order valence-corrected chi connectivity index (χ4v) is 2.47. The van der Waals surface area contributed by atoms with E-state index >= 15 is 0 Å². The topological polar surface area (TPSA) is 38.0 Å². The van der Waals surface area contributed by atoms with Crippen molar-refractivity contribution in [2.75, 3.05) is 0 Å². The van der Waals surface area contributed by atoms with Gasteiger partial charge in [-0.1, -0.05) is 41.4 Å². The summed E-state index contributed by atoms with van der Waals surface area (Å²) in [7, 11) is 0. The van der Waals surface area contributed by atoms with Gasteiger partial charge in [-0.25, -0.2) is 4.98 Å². The van der Waals surface area contributed by atoms with Gasteiger partial charge in [0.25, 0.3) is 0 Å². The Morgan fingerprint density at radius 3 is 2.70 bits per heavy atom. The zero-order valence-electron chi connectivity index (χ0n) is 10.5. The number of aliphatic hydroxyl groups excluding tert-OH is 1. The fraction of sp³-hybridized carbons (Fsp3) is 0.133. The van der Waals surface area contributed by atoms with Gasteiger partial charge in [0.1, 0.15) is 0 Å². The highest BCUT2D eigenvalue weighted by molar-refractivity contribution is 6.42. The molecule has 2 aromatic carbocycles. The molecule has 1 atom stereocenters. The third-order valence-electron chi connectivity index (χ3n) is 3.23. The summed E-state index contributed by atoms with van der Waals surface area (Å²) in [5.74, 6) is 0. The van der Waals surface area contributed by atoms with Gasteiger partial charge in [-0.05, 0) is 29.8 Å². The highest BCUT2D eigenvalue weighted by Crippen LogP contribution is 2.26. The van der Waals surface area contributed by atoms with Crippen LogP contribution < -0.4 is 0 Å². The minimum atomic E-state index is -0.664. The molecule has 0 saturated heterocycles. The van der Waals surface area contributed by atoms with E-state index in [1.54, 1.807) is 24.5 Å². The minimum Gasteiger partial charge on any atom is -0.387 e. The number of nitrogens with zero attached hydrogens (tertiary/aromatic N) is 2. The van der Waals surface area contributed by atoms with Crippen LogP contribution in [0.1, 0.15) is 11.7 Å². The first-order valence-electron chi connectivity index (χ1n) is 6.18. The molecule has 0 amide bonds. The number of hydrogen-bond donors (Lipinski definition) is 1. The van der Waals surface area contributed by atoms with E-state index in [1.807, 2.05) is 28.8 Å². The van der Waals surface area contributed by atoms with Crippen LogP contribution in [0.4, 0.5) is 0 Å². The molecule has 0 spiro atoms. The summed E-state index contributed by atoms with van der Waals surface area (Å²) in [6.45, 7) is 0.415. The van der Waals surface area contributed by atoms with Crippen molar-refractivity contribution >= 4 is 34.2 Å². The van der Waals surface area contributed by atoms with Crippen molar-refractivity contribution < 1.29 is 5.11 Å². The van der Waals surface area contributed by atoms with Crippen LogP contribution in [0.15, 0.2) is 48.8 Å². The molecule has 0 aliphatic carbocycles. The van der Waals surface area contributed by atoms with Crippen LogP contribution in [0.25, 0.3) is 11.0 Å². The fourth-order valence-electron chi connectivity index (χ4n) is 2.17. The Balaban J connectivity index is 1.88.